The highest BCUT2D eigenvalue weighted by molar-refractivity contribution is 6.32. The first-order valence-corrected chi connectivity index (χ1v) is 6.74. The van der Waals surface area contributed by atoms with Crippen molar-refractivity contribution >= 4 is 17.3 Å². The second-order valence-corrected chi connectivity index (χ2v) is 4.87. The Morgan fingerprint density at radius 3 is 2.57 bits per heavy atom. The zero-order valence-corrected chi connectivity index (χ0v) is 12.9. The van der Waals surface area contributed by atoms with E-state index in [-0.39, 0.29) is 5.75 Å². The fraction of sp³-hybridized carbons (Fsp3) is 0.267. The summed E-state index contributed by atoms with van der Waals surface area (Å²) in [7, 11) is 3.11. The van der Waals surface area contributed by atoms with Gasteiger partial charge in [0.2, 0.25) is 0 Å². The molecule has 0 aliphatic heterocycles. The van der Waals surface area contributed by atoms with Gasteiger partial charge in [0, 0.05) is 11.8 Å². The van der Waals surface area contributed by atoms with Crippen molar-refractivity contribution < 1.29 is 14.6 Å². The lowest BCUT2D eigenvalue weighted by molar-refractivity contribution is 0.395. The topological polar surface area (TPSA) is 63.6 Å². The van der Waals surface area contributed by atoms with Crippen LogP contribution >= 0.6 is 11.6 Å². The van der Waals surface area contributed by atoms with Gasteiger partial charge in [-0.3, -0.25) is 4.98 Å². The Balaban J connectivity index is 2.23. The average Bonchev–Trinajstić information content (AvgIpc) is 2.48. The summed E-state index contributed by atoms with van der Waals surface area (Å²) >= 11 is 6.11. The van der Waals surface area contributed by atoms with Gasteiger partial charge in [0.05, 0.1) is 31.5 Å². The summed E-state index contributed by atoms with van der Waals surface area (Å²) < 4.78 is 10.4. The molecule has 0 saturated carbocycles. The molecular weight excluding hydrogens is 292 g/mol. The number of nitrogens with one attached hydrogen (secondary N) is 1. The summed E-state index contributed by atoms with van der Waals surface area (Å²) in [6.07, 6.45) is 0. The molecule has 0 fully saturated rings. The minimum Gasteiger partial charge on any atom is -0.506 e. The van der Waals surface area contributed by atoms with Crippen LogP contribution in [0.15, 0.2) is 24.3 Å². The van der Waals surface area contributed by atoms with Gasteiger partial charge in [-0.25, -0.2) is 0 Å². The molecule has 2 aromatic rings. The highest BCUT2D eigenvalue weighted by atomic mass is 35.5. The predicted octanol–water partition coefficient (Wildman–Crippen LogP) is 3.38. The van der Waals surface area contributed by atoms with Crippen molar-refractivity contribution in [1.29, 1.82) is 0 Å². The van der Waals surface area contributed by atoms with Crippen LogP contribution in [0.4, 0.5) is 5.69 Å². The molecule has 21 heavy (non-hydrogen) atoms. The smallest absolute Gasteiger partial charge is 0.145 e. The lowest BCUT2D eigenvalue weighted by atomic mass is 10.2. The van der Waals surface area contributed by atoms with Crippen LogP contribution in [0, 0.1) is 6.92 Å². The maximum atomic E-state index is 9.80. The molecule has 2 N–H and O–H groups in total. The van der Waals surface area contributed by atoms with Crippen LogP contribution in [0.1, 0.15) is 11.4 Å². The summed E-state index contributed by atoms with van der Waals surface area (Å²) in [5.41, 5.74) is 2.10. The van der Waals surface area contributed by atoms with Gasteiger partial charge in [-0.15, -0.1) is 0 Å². The molecular formula is C15H17ClN2O3. The molecule has 6 heteroatoms. The minimum absolute atomic E-state index is 0.145. The van der Waals surface area contributed by atoms with Crippen molar-refractivity contribution in [1.82, 2.24) is 4.98 Å². The third kappa shape index (κ3) is 3.49. The fourth-order valence-corrected chi connectivity index (χ4v) is 2.15. The van der Waals surface area contributed by atoms with E-state index in [2.05, 4.69) is 10.3 Å². The van der Waals surface area contributed by atoms with Gasteiger partial charge in [-0.2, -0.15) is 0 Å². The van der Waals surface area contributed by atoms with Gasteiger partial charge < -0.3 is 19.9 Å². The van der Waals surface area contributed by atoms with Gasteiger partial charge in [-0.05, 0) is 25.1 Å². The number of rotatable bonds is 5. The van der Waals surface area contributed by atoms with Crippen molar-refractivity contribution in [2.75, 3.05) is 19.5 Å². The first-order chi connectivity index (χ1) is 10.0. The zero-order chi connectivity index (χ0) is 15.4. The van der Waals surface area contributed by atoms with Crippen LogP contribution in [-0.2, 0) is 6.54 Å². The van der Waals surface area contributed by atoms with Crippen molar-refractivity contribution in [2.45, 2.75) is 13.5 Å². The SMILES string of the molecule is COc1cc(OC)c(NCc2nc(C)ccc2O)cc1Cl. The van der Waals surface area contributed by atoms with Gasteiger partial charge in [0.15, 0.2) is 0 Å². The molecule has 0 amide bonds. The largest absolute Gasteiger partial charge is 0.506 e. The lowest BCUT2D eigenvalue weighted by Crippen LogP contribution is -2.04. The highest BCUT2D eigenvalue weighted by Crippen LogP contribution is 2.36. The third-order valence-corrected chi connectivity index (χ3v) is 3.30. The third-order valence-electron chi connectivity index (χ3n) is 3.01. The number of anilines is 1. The summed E-state index contributed by atoms with van der Waals surface area (Å²) in [6.45, 7) is 2.22. The molecule has 5 nitrogen and oxygen atoms in total. The molecule has 0 unspecified atom stereocenters. The van der Waals surface area contributed by atoms with E-state index in [0.29, 0.717) is 34.4 Å². The number of nitrogens with zero attached hydrogens (tertiary/aromatic N) is 1. The molecule has 0 atom stereocenters. The molecule has 0 spiro atoms. The van der Waals surface area contributed by atoms with Crippen LogP contribution in [0.25, 0.3) is 0 Å². The fourth-order valence-electron chi connectivity index (χ4n) is 1.91. The van der Waals surface area contributed by atoms with E-state index < -0.39 is 0 Å². The van der Waals surface area contributed by atoms with E-state index in [9.17, 15) is 5.11 Å². The molecule has 0 aliphatic rings. The van der Waals surface area contributed by atoms with E-state index in [1.54, 1.807) is 38.5 Å². The Bertz CT molecular complexity index is 647. The number of aromatic hydroxyl groups is 1. The van der Waals surface area contributed by atoms with E-state index in [4.69, 9.17) is 21.1 Å². The quantitative estimate of drug-likeness (QED) is 0.886. The molecule has 0 radical (unpaired) electrons. The first kappa shape index (κ1) is 15.3. The van der Waals surface area contributed by atoms with Crippen LogP contribution in [0.2, 0.25) is 5.02 Å². The second-order valence-electron chi connectivity index (χ2n) is 4.46. The number of aryl methyl sites for hydroxylation is 1. The van der Waals surface area contributed by atoms with Crippen molar-refractivity contribution in [2.24, 2.45) is 0 Å². The Kier molecular flexibility index (Phi) is 4.75. The minimum atomic E-state index is 0.145. The van der Waals surface area contributed by atoms with E-state index in [1.165, 1.54) is 0 Å². The molecule has 0 saturated heterocycles. The normalized spacial score (nSPS) is 10.3. The summed E-state index contributed by atoms with van der Waals surface area (Å²) in [5, 5.41) is 13.4. The highest BCUT2D eigenvalue weighted by Gasteiger charge is 2.11. The van der Waals surface area contributed by atoms with Crippen molar-refractivity contribution in [3.05, 3.63) is 40.7 Å². The number of aromatic nitrogens is 1. The monoisotopic (exact) mass is 308 g/mol. The summed E-state index contributed by atoms with van der Waals surface area (Å²) in [6, 6.07) is 6.79. The van der Waals surface area contributed by atoms with Crippen LogP contribution in [0.5, 0.6) is 17.2 Å². The number of benzene rings is 1. The van der Waals surface area contributed by atoms with Gasteiger partial charge in [-0.1, -0.05) is 11.6 Å². The molecule has 0 bridgehead atoms. The predicted molar refractivity (Wildman–Crippen MR) is 82.5 cm³/mol. The molecule has 112 valence electrons. The van der Waals surface area contributed by atoms with Crippen LogP contribution in [0.3, 0.4) is 0 Å². The van der Waals surface area contributed by atoms with E-state index in [0.717, 1.165) is 5.69 Å². The molecule has 1 aromatic heterocycles. The maximum Gasteiger partial charge on any atom is 0.145 e. The molecule has 2 rings (SSSR count). The van der Waals surface area contributed by atoms with Crippen molar-refractivity contribution in [3.63, 3.8) is 0 Å². The lowest BCUT2D eigenvalue weighted by Gasteiger charge is -2.14. The molecule has 1 heterocycles. The van der Waals surface area contributed by atoms with Crippen LogP contribution < -0.4 is 14.8 Å². The Morgan fingerprint density at radius 2 is 1.90 bits per heavy atom. The number of ether oxygens (including phenoxy) is 2. The summed E-state index contributed by atoms with van der Waals surface area (Å²) in [5.74, 6) is 1.28. The van der Waals surface area contributed by atoms with Gasteiger partial charge >= 0.3 is 0 Å². The number of hydrogen-bond acceptors (Lipinski definition) is 5. The number of hydrogen-bond donors (Lipinski definition) is 2. The zero-order valence-electron chi connectivity index (χ0n) is 12.1. The number of pyridine rings is 1. The standard InChI is InChI=1S/C15H17ClN2O3/c1-9-4-5-13(19)12(18-9)8-17-11-6-10(16)14(20-2)7-15(11)21-3/h4-7,17,19H,8H2,1-3H3. The Labute approximate surface area is 128 Å². The van der Waals surface area contributed by atoms with Crippen LogP contribution in [-0.4, -0.2) is 24.3 Å². The van der Waals surface area contributed by atoms with Gasteiger partial charge in [0.25, 0.3) is 0 Å². The number of methoxy groups -OCH3 is 2. The van der Waals surface area contributed by atoms with E-state index in [1.807, 2.05) is 6.92 Å². The molecule has 1 aromatic carbocycles. The Morgan fingerprint density at radius 1 is 1.19 bits per heavy atom. The Hall–Kier alpha value is -2.14. The van der Waals surface area contributed by atoms with Gasteiger partial charge in [0.1, 0.15) is 22.9 Å². The van der Waals surface area contributed by atoms with E-state index >= 15 is 0 Å². The average molecular weight is 309 g/mol. The second kappa shape index (κ2) is 6.54. The number of halogens is 1. The van der Waals surface area contributed by atoms with Crippen molar-refractivity contribution in [3.8, 4) is 17.2 Å². The summed E-state index contributed by atoms with van der Waals surface area (Å²) in [4.78, 5) is 4.29. The maximum absolute atomic E-state index is 9.80. The first-order valence-electron chi connectivity index (χ1n) is 6.36. The molecule has 0 aliphatic carbocycles.